The number of carbonyl (C=O) groups excluding carboxylic acids is 1. The Morgan fingerprint density at radius 3 is 2.85 bits per heavy atom. The minimum Gasteiger partial charge on any atom is -0.406 e. The van der Waals surface area contributed by atoms with Gasteiger partial charge in [0.1, 0.15) is 5.75 Å². The van der Waals surface area contributed by atoms with E-state index in [0.717, 1.165) is 29.9 Å². The van der Waals surface area contributed by atoms with Crippen molar-refractivity contribution >= 4 is 28.1 Å². The first-order chi connectivity index (χ1) is 12.8. The molecule has 146 valence electrons. The fourth-order valence-corrected chi connectivity index (χ4v) is 4.12. The number of rotatable bonds is 5. The fourth-order valence-electron chi connectivity index (χ4n) is 3.19. The van der Waals surface area contributed by atoms with Gasteiger partial charge in [0.15, 0.2) is 5.13 Å². The van der Waals surface area contributed by atoms with E-state index in [-0.39, 0.29) is 11.7 Å². The van der Waals surface area contributed by atoms with Crippen LogP contribution in [0, 0.1) is 0 Å². The molecule has 2 aromatic rings. The average molecular weight is 399 g/mol. The number of halogens is 3. The van der Waals surface area contributed by atoms with Crippen LogP contribution in [0.5, 0.6) is 5.75 Å². The van der Waals surface area contributed by atoms with Crippen molar-refractivity contribution < 1.29 is 22.7 Å². The first-order valence-corrected chi connectivity index (χ1v) is 9.51. The predicted octanol–water partition coefficient (Wildman–Crippen LogP) is 4.37. The van der Waals surface area contributed by atoms with Crippen molar-refractivity contribution in [3.05, 3.63) is 34.8 Å². The van der Waals surface area contributed by atoms with E-state index in [2.05, 4.69) is 14.6 Å². The van der Waals surface area contributed by atoms with Crippen molar-refractivity contribution in [2.24, 2.45) is 0 Å². The number of nitrogens with zero attached hydrogens (tertiary/aromatic N) is 3. The van der Waals surface area contributed by atoms with E-state index in [0.29, 0.717) is 24.6 Å². The van der Waals surface area contributed by atoms with Gasteiger partial charge in [0, 0.05) is 31.1 Å². The highest BCUT2D eigenvalue weighted by Gasteiger charge is 2.31. The van der Waals surface area contributed by atoms with Crippen molar-refractivity contribution in [1.29, 1.82) is 0 Å². The summed E-state index contributed by atoms with van der Waals surface area (Å²) in [6.07, 6.45) is -3.15. The maximum absolute atomic E-state index is 12.4. The summed E-state index contributed by atoms with van der Waals surface area (Å²) in [7, 11) is 0. The van der Waals surface area contributed by atoms with Gasteiger partial charge in [-0.05, 0) is 43.5 Å². The Hall–Kier alpha value is -2.29. The van der Waals surface area contributed by atoms with Gasteiger partial charge < -0.3 is 9.64 Å². The predicted molar refractivity (Wildman–Crippen MR) is 98.3 cm³/mol. The number of ether oxygens (including phenoxy) is 1. The number of thiazole rings is 1. The van der Waals surface area contributed by atoms with E-state index in [1.54, 1.807) is 11.0 Å². The van der Waals surface area contributed by atoms with E-state index in [1.807, 2.05) is 12.3 Å². The largest absolute Gasteiger partial charge is 0.573 e. The minimum atomic E-state index is -4.69. The minimum absolute atomic E-state index is 0.0566. The van der Waals surface area contributed by atoms with Gasteiger partial charge in [-0.15, -0.1) is 24.5 Å². The lowest BCUT2D eigenvalue weighted by Crippen LogP contribution is -2.30. The number of alkyl halides is 3. The second kappa shape index (κ2) is 7.75. The van der Waals surface area contributed by atoms with Crippen molar-refractivity contribution in [3.8, 4) is 5.75 Å². The monoisotopic (exact) mass is 399 g/mol. The van der Waals surface area contributed by atoms with E-state index in [1.165, 1.54) is 30.4 Å². The standard InChI is InChI=1S/C18H20F3N3O2S/c1-3-24(12(2)25)17-22-14(11-27-17)10-23-8-4-5-13-9-15(6-7-16(13)23)26-18(19,20)21/h6-7,9,11H,3-5,8,10H2,1-2H3. The maximum atomic E-state index is 12.4. The van der Waals surface area contributed by atoms with Crippen molar-refractivity contribution in [2.45, 2.75) is 39.6 Å². The second-order valence-corrected chi connectivity index (χ2v) is 7.08. The first-order valence-electron chi connectivity index (χ1n) is 8.63. The number of benzene rings is 1. The summed E-state index contributed by atoms with van der Waals surface area (Å²) in [6.45, 7) is 5.29. The van der Waals surface area contributed by atoms with Crippen molar-refractivity contribution in [1.82, 2.24) is 4.98 Å². The van der Waals surface area contributed by atoms with Crippen LogP contribution in [0.15, 0.2) is 23.6 Å². The zero-order valence-electron chi connectivity index (χ0n) is 15.0. The lowest BCUT2D eigenvalue weighted by atomic mass is 10.0. The van der Waals surface area contributed by atoms with Crippen LogP contribution in [0.2, 0.25) is 0 Å². The number of anilines is 2. The molecule has 0 saturated carbocycles. The zero-order valence-corrected chi connectivity index (χ0v) is 15.9. The van der Waals surface area contributed by atoms with Gasteiger partial charge in [0.05, 0.1) is 12.2 Å². The number of aromatic nitrogens is 1. The summed E-state index contributed by atoms with van der Waals surface area (Å²) in [5.41, 5.74) is 2.56. The lowest BCUT2D eigenvalue weighted by Gasteiger charge is -2.31. The van der Waals surface area contributed by atoms with Crippen LogP contribution >= 0.6 is 11.3 Å². The Labute approximate surface area is 159 Å². The number of hydrogen-bond donors (Lipinski definition) is 0. The molecular formula is C18H20F3N3O2S. The smallest absolute Gasteiger partial charge is 0.406 e. The molecule has 0 unspecified atom stereocenters. The molecule has 0 spiro atoms. The molecule has 0 bridgehead atoms. The SMILES string of the molecule is CCN(C(C)=O)c1nc(CN2CCCc3cc(OC(F)(F)F)ccc32)cs1. The normalized spacial score (nSPS) is 14.0. The number of hydrogen-bond acceptors (Lipinski definition) is 5. The van der Waals surface area contributed by atoms with Gasteiger partial charge in [-0.25, -0.2) is 4.98 Å². The average Bonchev–Trinajstić information content (AvgIpc) is 3.02. The first kappa shape index (κ1) is 19.5. The van der Waals surface area contributed by atoms with E-state index >= 15 is 0 Å². The topological polar surface area (TPSA) is 45.7 Å². The highest BCUT2D eigenvalue weighted by Crippen LogP contribution is 2.34. The van der Waals surface area contributed by atoms with Crippen LogP contribution in [-0.4, -0.2) is 30.3 Å². The van der Waals surface area contributed by atoms with Crippen LogP contribution in [0.4, 0.5) is 24.0 Å². The Morgan fingerprint density at radius 2 is 2.19 bits per heavy atom. The molecule has 1 aliphatic heterocycles. The molecule has 9 heteroatoms. The van der Waals surface area contributed by atoms with Gasteiger partial charge in [-0.2, -0.15) is 0 Å². The third kappa shape index (κ3) is 4.71. The fraction of sp³-hybridized carbons (Fsp3) is 0.444. The molecular weight excluding hydrogens is 379 g/mol. The van der Waals surface area contributed by atoms with Crippen LogP contribution in [-0.2, 0) is 17.8 Å². The Kier molecular flexibility index (Phi) is 5.59. The van der Waals surface area contributed by atoms with E-state index in [9.17, 15) is 18.0 Å². The summed E-state index contributed by atoms with van der Waals surface area (Å²) in [4.78, 5) is 19.9. The number of carbonyl (C=O) groups is 1. The van der Waals surface area contributed by atoms with Crippen molar-refractivity contribution in [2.75, 3.05) is 22.9 Å². The molecule has 5 nitrogen and oxygen atoms in total. The maximum Gasteiger partial charge on any atom is 0.573 e. The summed E-state index contributed by atoms with van der Waals surface area (Å²) in [6, 6.07) is 4.46. The molecule has 2 heterocycles. The van der Waals surface area contributed by atoms with Gasteiger partial charge in [-0.1, -0.05) is 0 Å². The Balaban J connectivity index is 1.77. The van der Waals surface area contributed by atoms with Gasteiger partial charge in [0.25, 0.3) is 0 Å². The van der Waals surface area contributed by atoms with Gasteiger partial charge >= 0.3 is 6.36 Å². The molecule has 0 N–H and O–H groups in total. The second-order valence-electron chi connectivity index (χ2n) is 6.25. The molecule has 27 heavy (non-hydrogen) atoms. The molecule has 0 fully saturated rings. The van der Waals surface area contributed by atoms with Crippen LogP contribution in [0.3, 0.4) is 0 Å². The zero-order chi connectivity index (χ0) is 19.6. The summed E-state index contributed by atoms with van der Waals surface area (Å²) >= 11 is 1.41. The highest BCUT2D eigenvalue weighted by atomic mass is 32.1. The summed E-state index contributed by atoms with van der Waals surface area (Å²) in [5, 5.41) is 2.57. The van der Waals surface area contributed by atoms with E-state index < -0.39 is 6.36 Å². The van der Waals surface area contributed by atoms with E-state index in [4.69, 9.17) is 0 Å². The Morgan fingerprint density at radius 1 is 1.41 bits per heavy atom. The number of amides is 1. The van der Waals surface area contributed by atoms with Gasteiger partial charge in [-0.3, -0.25) is 9.69 Å². The summed E-state index contributed by atoms with van der Waals surface area (Å²) in [5.74, 6) is -0.252. The Bertz CT molecular complexity index is 822. The van der Waals surface area contributed by atoms with Gasteiger partial charge in [0.2, 0.25) is 5.91 Å². The quantitative estimate of drug-likeness (QED) is 0.749. The van der Waals surface area contributed by atoms with Crippen LogP contribution in [0.25, 0.3) is 0 Å². The molecule has 0 aliphatic carbocycles. The molecule has 1 aliphatic rings. The molecule has 1 amide bonds. The number of fused-ring (bicyclic) bond motifs is 1. The van der Waals surface area contributed by atoms with Crippen LogP contribution < -0.4 is 14.5 Å². The third-order valence-electron chi connectivity index (χ3n) is 4.32. The lowest BCUT2D eigenvalue weighted by molar-refractivity contribution is -0.274. The molecule has 0 atom stereocenters. The van der Waals surface area contributed by atoms with Crippen LogP contribution in [0.1, 0.15) is 31.5 Å². The third-order valence-corrected chi connectivity index (χ3v) is 5.23. The highest BCUT2D eigenvalue weighted by molar-refractivity contribution is 7.14. The molecule has 3 rings (SSSR count). The molecule has 1 aromatic heterocycles. The molecule has 0 radical (unpaired) electrons. The molecule has 0 saturated heterocycles. The summed E-state index contributed by atoms with van der Waals surface area (Å²) < 4.78 is 41.3. The van der Waals surface area contributed by atoms with Crippen molar-refractivity contribution in [3.63, 3.8) is 0 Å². The number of aryl methyl sites for hydroxylation is 1. The molecule has 1 aromatic carbocycles.